The summed E-state index contributed by atoms with van der Waals surface area (Å²) in [5.41, 5.74) is 0.777. The second kappa shape index (κ2) is 8.34. The molecule has 0 atom stereocenters. The van der Waals surface area contributed by atoms with Gasteiger partial charge in [-0.1, -0.05) is 18.3 Å². The number of thioether (sulfide) groups is 1. The zero-order valence-electron chi connectivity index (χ0n) is 11.6. The third-order valence-electron chi connectivity index (χ3n) is 2.51. The van der Waals surface area contributed by atoms with E-state index in [4.69, 9.17) is 10.6 Å². The Labute approximate surface area is 122 Å². The van der Waals surface area contributed by atoms with Gasteiger partial charge in [0.05, 0.1) is 18.1 Å². The molecule has 0 fully saturated rings. The molecule has 1 aromatic heterocycles. The Kier molecular flexibility index (Phi) is 6.75. The van der Waals surface area contributed by atoms with Crippen LogP contribution in [0.4, 0.5) is 0 Å². The predicted octanol–water partition coefficient (Wildman–Crippen LogP) is 1.40. The Balaban J connectivity index is 2.67. The SMILES string of the molecule is C=C(S/C(=N\N)c1cccnc1)N(C)C(=O)CCOC. The van der Waals surface area contributed by atoms with Gasteiger partial charge < -0.3 is 15.5 Å². The summed E-state index contributed by atoms with van der Waals surface area (Å²) >= 11 is 1.22. The average Bonchev–Trinajstić information content (AvgIpc) is 2.49. The number of nitrogens with two attached hydrogens (primary N) is 1. The zero-order valence-corrected chi connectivity index (χ0v) is 12.4. The summed E-state index contributed by atoms with van der Waals surface area (Å²) in [6.45, 7) is 4.24. The molecule has 0 saturated heterocycles. The summed E-state index contributed by atoms with van der Waals surface area (Å²) in [6.07, 6.45) is 3.62. The van der Waals surface area contributed by atoms with E-state index in [1.807, 2.05) is 6.07 Å². The van der Waals surface area contributed by atoms with Crippen molar-refractivity contribution in [1.82, 2.24) is 9.88 Å². The zero-order chi connectivity index (χ0) is 15.0. The van der Waals surface area contributed by atoms with Crippen LogP contribution in [0.1, 0.15) is 12.0 Å². The van der Waals surface area contributed by atoms with Crippen molar-refractivity contribution in [2.24, 2.45) is 10.9 Å². The van der Waals surface area contributed by atoms with E-state index in [1.54, 1.807) is 32.6 Å². The van der Waals surface area contributed by atoms with Crippen LogP contribution in [0.5, 0.6) is 0 Å². The lowest BCUT2D eigenvalue weighted by Crippen LogP contribution is -2.26. The maximum atomic E-state index is 11.8. The van der Waals surface area contributed by atoms with E-state index in [0.29, 0.717) is 23.1 Å². The molecule has 0 aliphatic rings. The summed E-state index contributed by atoms with van der Waals surface area (Å²) in [6, 6.07) is 3.63. The Morgan fingerprint density at radius 1 is 1.65 bits per heavy atom. The monoisotopic (exact) mass is 294 g/mol. The molecule has 6 nitrogen and oxygen atoms in total. The second-order valence-corrected chi connectivity index (χ2v) is 4.93. The number of aromatic nitrogens is 1. The maximum absolute atomic E-state index is 11.8. The molecule has 1 amide bonds. The molecule has 0 bridgehead atoms. The standard InChI is InChI=1S/C13H18N4O2S/c1-10(17(2)12(18)6-8-19-3)20-13(16-14)11-5-4-7-15-9-11/h4-5,7,9H,1,6,8,14H2,2-3H3/b16-13-. The molecule has 0 unspecified atom stereocenters. The van der Waals surface area contributed by atoms with Crippen molar-refractivity contribution in [1.29, 1.82) is 0 Å². The number of carbonyl (C=O) groups is 1. The molecule has 20 heavy (non-hydrogen) atoms. The van der Waals surface area contributed by atoms with E-state index in [2.05, 4.69) is 16.7 Å². The first-order chi connectivity index (χ1) is 9.60. The molecule has 1 aromatic rings. The highest BCUT2D eigenvalue weighted by atomic mass is 32.2. The van der Waals surface area contributed by atoms with Gasteiger partial charge in [-0.05, 0) is 12.1 Å². The second-order valence-electron chi connectivity index (χ2n) is 3.87. The van der Waals surface area contributed by atoms with Gasteiger partial charge in [0.15, 0.2) is 0 Å². The highest BCUT2D eigenvalue weighted by Gasteiger charge is 2.15. The van der Waals surface area contributed by atoms with E-state index < -0.39 is 0 Å². The topological polar surface area (TPSA) is 80.8 Å². The molecule has 0 spiro atoms. The number of pyridine rings is 1. The first-order valence-electron chi connectivity index (χ1n) is 5.90. The Hall–Kier alpha value is -1.86. The van der Waals surface area contributed by atoms with Gasteiger partial charge in [-0.25, -0.2) is 0 Å². The normalized spacial score (nSPS) is 11.2. The molecule has 108 valence electrons. The Morgan fingerprint density at radius 3 is 2.95 bits per heavy atom. The van der Waals surface area contributed by atoms with Crippen molar-refractivity contribution in [3.63, 3.8) is 0 Å². The molecule has 0 radical (unpaired) electrons. The number of hydrogen-bond acceptors (Lipinski definition) is 6. The van der Waals surface area contributed by atoms with Gasteiger partial charge in [-0.2, -0.15) is 5.10 Å². The van der Waals surface area contributed by atoms with Gasteiger partial charge in [-0.3, -0.25) is 9.78 Å². The van der Waals surface area contributed by atoms with Crippen LogP contribution in [0, 0.1) is 0 Å². The highest BCUT2D eigenvalue weighted by Crippen LogP contribution is 2.23. The van der Waals surface area contributed by atoms with Crippen molar-refractivity contribution >= 4 is 22.7 Å². The number of ether oxygens (including phenoxy) is 1. The number of amides is 1. The minimum absolute atomic E-state index is 0.0769. The Bertz CT molecular complexity index is 490. The largest absolute Gasteiger partial charge is 0.384 e. The first-order valence-corrected chi connectivity index (χ1v) is 6.72. The van der Waals surface area contributed by atoms with Gasteiger partial charge in [0.1, 0.15) is 5.04 Å². The van der Waals surface area contributed by atoms with Crippen LogP contribution in [-0.4, -0.2) is 41.6 Å². The molecular weight excluding hydrogens is 276 g/mol. The molecule has 0 aliphatic carbocycles. The molecular formula is C13H18N4O2S. The molecule has 2 N–H and O–H groups in total. The number of methoxy groups -OCH3 is 1. The van der Waals surface area contributed by atoms with Gasteiger partial charge in [0.25, 0.3) is 0 Å². The van der Waals surface area contributed by atoms with Crippen molar-refractivity contribution in [2.75, 3.05) is 20.8 Å². The summed E-state index contributed by atoms with van der Waals surface area (Å²) in [7, 11) is 3.21. The van der Waals surface area contributed by atoms with E-state index in [0.717, 1.165) is 5.56 Å². The lowest BCUT2D eigenvalue weighted by Gasteiger charge is -2.19. The lowest BCUT2D eigenvalue weighted by molar-refractivity contribution is -0.128. The highest BCUT2D eigenvalue weighted by molar-refractivity contribution is 8.17. The number of hydrazone groups is 1. The van der Waals surface area contributed by atoms with E-state index in [-0.39, 0.29) is 5.91 Å². The summed E-state index contributed by atoms with van der Waals surface area (Å²) in [4.78, 5) is 17.3. The molecule has 0 aliphatic heterocycles. The fourth-order valence-electron chi connectivity index (χ4n) is 1.33. The summed E-state index contributed by atoms with van der Waals surface area (Å²) in [5.74, 6) is 5.31. The maximum Gasteiger partial charge on any atom is 0.229 e. The van der Waals surface area contributed by atoms with E-state index in [1.165, 1.54) is 16.7 Å². The van der Waals surface area contributed by atoms with Gasteiger partial charge in [0, 0.05) is 32.1 Å². The smallest absolute Gasteiger partial charge is 0.229 e. The van der Waals surface area contributed by atoms with Crippen LogP contribution in [0.3, 0.4) is 0 Å². The minimum Gasteiger partial charge on any atom is -0.384 e. The fourth-order valence-corrected chi connectivity index (χ4v) is 2.08. The van der Waals surface area contributed by atoms with Crippen molar-refractivity contribution < 1.29 is 9.53 Å². The van der Waals surface area contributed by atoms with Crippen molar-refractivity contribution in [3.8, 4) is 0 Å². The number of nitrogens with zero attached hydrogens (tertiary/aromatic N) is 3. The number of hydrogen-bond donors (Lipinski definition) is 1. The predicted molar refractivity (Wildman–Crippen MR) is 81.0 cm³/mol. The van der Waals surface area contributed by atoms with Crippen LogP contribution >= 0.6 is 11.8 Å². The third kappa shape index (κ3) is 4.67. The van der Waals surface area contributed by atoms with Gasteiger partial charge >= 0.3 is 0 Å². The van der Waals surface area contributed by atoms with Crippen LogP contribution in [0.2, 0.25) is 0 Å². The molecule has 0 saturated carbocycles. The van der Waals surface area contributed by atoms with E-state index >= 15 is 0 Å². The van der Waals surface area contributed by atoms with Crippen LogP contribution < -0.4 is 5.84 Å². The molecule has 1 heterocycles. The quantitative estimate of drug-likeness (QED) is 0.371. The van der Waals surface area contributed by atoms with Gasteiger partial charge in [-0.15, -0.1) is 0 Å². The summed E-state index contributed by atoms with van der Waals surface area (Å²) < 4.78 is 4.88. The van der Waals surface area contributed by atoms with Crippen molar-refractivity contribution in [2.45, 2.75) is 6.42 Å². The molecule has 7 heteroatoms. The minimum atomic E-state index is -0.0769. The first kappa shape index (κ1) is 16.2. The molecule has 0 aromatic carbocycles. The number of rotatable bonds is 6. The average molecular weight is 294 g/mol. The number of carbonyl (C=O) groups excluding carboxylic acids is 1. The third-order valence-corrected chi connectivity index (χ3v) is 3.55. The van der Waals surface area contributed by atoms with Crippen molar-refractivity contribution in [3.05, 3.63) is 41.7 Å². The van der Waals surface area contributed by atoms with Crippen LogP contribution in [0.15, 0.2) is 41.2 Å². The molecule has 1 rings (SSSR count). The van der Waals surface area contributed by atoms with Crippen LogP contribution in [-0.2, 0) is 9.53 Å². The fraction of sp³-hybridized carbons (Fsp3) is 0.308. The van der Waals surface area contributed by atoms with E-state index in [9.17, 15) is 4.79 Å². The summed E-state index contributed by atoms with van der Waals surface area (Å²) in [5, 5.41) is 4.81. The van der Waals surface area contributed by atoms with Crippen LogP contribution in [0.25, 0.3) is 0 Å². The van der Waals surface area contributed by atoms with Gasteiger partial charge in [0.2, 0.25) is 5.91 Å². The lowest BCUT2D eigenvalue weighted by atomic mass is 10.3. The Morgan fingerprint density at radius 2 is 2.40 bits per heavy atom.